The summed E-state index contributed by atoms with van der Waals surface area (Å²) >= 11 is 0. The Balaban J connectivity index is 2.63. The number of fused-ring (bicyclic) bond motifs is 1. The first kappa shape index (κ1) is 13.3. The van der Waals surface area contributed by atoms with Crippen LogP contribution in [0.15, 0.2) is 18.3 Å². The number of aryl methyl sites for hydroxylation is 2. The standard InChI is InChI=1S/C15H18N2O2/c1-10-6-11(2)15-12(8-14(19)16-3)9-17(4-5-18)13(15)7-10/h5-7,9H,4,8H2,1-3H3,(H,16,19). The molecule has 0 aliphatic rings. The van der Waals surface area contributed by atoms with Crippen molar-refractivity contribution < 1.29 is 9.59 Å². The fourth-order valence-electron chi connectivity index (χ4n) is 2.54. The number of hydrogen-bond donors (Lipinski definition) is 1. The lowest BCUT2D eigenvalue weighted by Gasteiger charge is -2.04. The van der Waals surface area contributed by atoms with E-state index in [4.69, 9.17) is 0 Å². The third kappa shape index (κ3) is 2.52. The summed E-state index contributed by atoms with van der Waals surface area (Å²) < 4.78 is 1.90. The van der Waals surface area contributed by atoms with E-state index in [0.29, 0.717) is 13.0 Å². The van der Waals surface area contributed by atoms with Crippen LogP contribution in [0.3, 0.4) is 0 Å². The molecule has 0 atom stereocenters. The van der Waals surface area contributed by atoms with Crippen LogP contribution in [0.25, 0.3) is 10.9 Å². The number of nitrogens with one attached hydrogen (secondary N) is 1. The highest BCUT2D eigenvalue weighted by Crippen LogP contribution is 2.26. The normalized spacial score (nSPS) is 10.7. The molecule has 1 N–H and O–H groups in total. The maximum absolute atomic E-state index is 11.6. The lowest BCUT2D eigenvalue weighted by molar-refractivity contribution is -0.119. The summed E-state index contributed by atoms with van der Waals surface area (Å²) in [7, 11) is 1.63. The van der Waals surface area contributed by atoms with Crippen molar-refractivity contribution in [1.29, 1.82) is 0 Å². The molecule has 0 bridgehead atoms. The van der Waals surface area contributed by atoms with E-state index >= 15 is 0 Å². The first-order chi connectivity index (χ1) is 9.06. The minimum Gasteiger partial charge on any atom is -0.359 e. The summed E-state index contributed by atoms with van der Waals surface area (Å²) in [6.07, 6.45) is 3.12. The predicted octanol–water partition coefficient (Wildman–Crippen LogP) is 1.75. The molecule has 19 heavy (non-hydrogen) atoms. The van der Waals surface area contributed by atoms with Gasteiger partial charge in [0.2, 0.25) is 5.91 Å². The minimum absolute atomic E-state index is 0.0230. The van der Waals surface area contributed by atoms with Crippen molar-refractivity contribution in [1.82, 2.24) is 9.88 Å². The van der Waals surface area contributed by atoms with Gasteiger partial charge in [-0.3, -0.25) is 4.79 Å². The summed E-state index contributed by atoms with van der Waals surface area (Å²) in [6, 6.07) is 4.15. The molecule has 0 aliphatic heterocycles. The Hall–Kier alpha value is -2.10. The van der Waals surface area contributed by atoms with Crippen molar-refractivity contribution in [2.75, 3.05) is 7.05 Å². The number of benzene rings is 1. The summed E-state index contributed by atoms with van der Waals surface area (Å²) in [5.74, 6) is -0.0230. The molecule has 0 saturated carbocycles. The van der Waals surface area contributed by atoms with Gasteiger partial charge in [0.05, 0.1) is 13.0 Å². The van der Waals surface area contributed by atoms with E-state index in [1.54, 1.807) is 7.05 Å². The van der Waals surface area contributed by atoms with Gasteiger partial charge in [-0.2, -0.15) is 0 Å². The number of likely N-dealkylation sites (N-methyl/N-ethyl adjacent to an activating group) is 1. The number of nitrogens with zero attached hydrogens (tertiary/aromatic N) is 1. The predicted molar refractivity (Wildman–Crippen MR) is 75.2 cm³/mol. The van der Waals surface area contributed by atoms with Crippen LogP contribution in [-0.4, -0.2) is 23.8 Å². The van der Waals surface area contributed by atoms with E-state index < -0.39 is 0 Å². The van der Waals surface area contributed by atoms with Crippen molar-refractivity contribution in [2.45, 2.75) is 26.8 Å². The second kappa shape index (κ2) is 5.26. The molecule has 0 saturated heterocycles. The molecule has 0 spiro atoms. The Labute approximate surface area is 112 Å². The molecule has 1 aromatic carbocycles. The zero-order chi connectivity index (χ0) is 14.0. The van der Waals surface area contributed by atoms with Gasteiger partial charge in [-0.05, 0) is 36.6 Å². The van der Waals surface area contributed by atoms with Crippen LogP contribution in [0.2, 0.25) is 0 Å². The Bertz CT molecular complexity index is 641. The van der Waals surface area contributed by atoms with Crippen molar-refractivity contribution in [3.8, 4) is 0 Å². The number of hydrogen-bond acceptors (Lipinski definition) is 2. The average Bonchev–Trinajstić information content (AvgIpc) is 2.68. The van der Waals surface area contributed by atoms with E-state index in [1.165, 1.54) is 0 Å². The Morgan fingerprint density at radius 1 is 1.37 bits per heavy atom. The number of aldehydes is 1. The van der Waals surface area contributed by atoms with E-state index in [9.17, 15) is 9.59 Å². The number of aromatic nitrogens is 1. The molecular weight excluding hydrogens is 240 g/mol. The SMILES string of the molecule is CNC(=O)Cc1cn(CC=O)c2cc(C)cc(C)c12. The van der Waals surface area contributed by atoms with E-state index in [2.05, 4.69) is 17.4 Å². The van der Waals surface area contributed by atoms with Gasteiger partial charge in [-0.25, -0.2) is 0 Å². The fourth-order valence-corrected chi connectivity index (χ4v) is 2.54. The smallest absolute Gasteiger partial charge is 0.224 e. The van der Waals surface area contributed by atoms with Gasteiger partial charge in [0.1, 0.15) is 6.29 Å². The van der Waals surface area contributed by atoms with E-state index in [0.717, 1.165) is 33.9 Å². The summed E-state index contributed by atoms with van der Waals surface area (Å²) in [5.41, 5.74) is 4.28. The molecule has 1 heterocycles. The quantitative estimate of drug-likeness (QED) is 0.849. The summed E-state index contributed by atoms with van der Waals surface area (Å²) in [6.45, 7) is 4.38. The molecule has 100 valence electrons. The molecule has 2 rings (SSSR count). The second-order valence-electron chi connectivity index (χ2n) is 4.80. The zero-order valence-corrected chi connectivity index (χ0v) is 11.5. The zero-order valence-electron chi connectivity index (χ0n) is 11.5. The Morgan fingerprint density at radius 3 is 2.74 bits per heavy atom. The maximum Gasteiger partial charge on any atom is 0.224 e. The third-order valence-corrected chi connectivity index (χ3v) is 3.30. The number of amides is 1. The summed E-state index contributed by atoms with van der Waals surface area (Å²) in [4.78, 5) is 22.4. The molecule has 1 aromatic heterocycles. The van der Waals surface area contributed by atoms with Crippen molar-refractivity contribution in [3.05, 3.63) is 35.0 Å². The maximum atomic E-state index is 11.6. The van der Waals surface area contributed by atoms with Gasteiger partial charge >= 0.3 is 0 Å². The van der Waals surface area contributed by atoms with E-state index in [-0.39, 0.29) is 5.91 Å². The van der Waals surface area contributed by atoms with Crippen molar-refractivity contribution >= 4 is 23.1 Å². The number of carbonyl (C=O) groups excluding carboxylic acids is 2. The molecule has 4 heteroatoms. The second-order valence-corrected chi connectivity index (χ2v) is 4.80. The average molecular weight is 258 g/mol. The molecule has 0 radical (unpaired) electrons. The number of rotatable bonds is 4. The van der Waals surface area contributed by atoms with Gasteiger partial charge < -0.3 is 14.7 Å². The van der Waals surface area contributed by atoms with Crippen LogP contribution in [-0.2, 0) is 22.6 Å². The van der Waals surface area contributed by atoms with Crippen LogP contribution < -0.4 is 5.32 Å². The number of carbonyl (C=O) groups is 2. The largest absolute Gasteiger partial charge is 0.359 e. The summed E-state index contributed by atoms with van der Waals surface area (Å²) in [5, 5.41) is 3.71. The van der Waals surface area contributed by atoms with Gasteiger partial charge in [-0.15, -0.1) is 0 Å². The van der Waals surface area contributed by atoms with Crippen LogP contribution in [0.5, 0.6) is 0 Å². The third-order valence-electron chi connectivity index (χ3n) is 3.30. The van der Waals surface area contributed by atoms with Crippen LogP contribution >= 0.6 is 0 Å². The Morgan fingerprint density at radius 2 is 2.11 bits per heavy atom. The van der Waals surface area contributed by atoms with Gasteiger partial charge in [0.25, 0.3) is 0 Å². The lowest BCUT2D eigenvalue weighted by Crippen LogP contribution is -2.19. The monoisotopic (exact) mass is 258 g/mol. The minimum atomic E-state index is -0.0230. The molecule has 0 unspecified atom stereocenters. The molecule has 4 nitrogen and oxygen atoms in total. The fraction of sp³-hybridized carbons (Fsp3) is 0.333. The highest BCUT2D eigenvalue weighted by Gasteiger charge is 2.13. The van der Waals surface area contributed by atoms with Crippen LogP contribution in [0.4, 0.5) is 0 Å². The van der Waals surface area contributed by atoms with Crippen molar-refractivity contribution in [3.63, 3.8) is 0 Å². The van der Waals surface area contributed by atoms with E-state index in [1.807, 2.05) is 24.6 Å². The van der Waals surface area contributed by atoms with Crippen LogP contribution in [0, 0.1) is 13.8 Å². The van der Waals surface area contributed by atoms with Gasteiger partial charge in [0.15, 0.2) is 0 Å². The topological polar surface area (TPSA) is 51.1 Å². The molecule has 0 aliphatic carbocycles. The highest BCUT2D eigenvalue weighted by atomic mass is 16.1. The molecule has 2 aromatic rings. The Kier molecular flexibility index (Phi) is 3.69. The first-order valence-electron chi connectivity index (χ1n) is 6.30. The van der Waals surface area contributed by atoms with Crippen molar-refractivity contribution in [2.24, 2.45) is 0 Å². The highest BCUT2D eigenvalue weighted by molar-refractivity contribution is 5.92. The molecule has 0 fully saturated rings. The van der Waals surface area contributed by atoms with Crippen LogP contribution in [0.1, 0.15) is 16.7 Å². The molecular formula is C15H18N2O2. The van der Waals surface area contributed by atoms with Gasteiger partial charge in [0, 0.05) is 24.1 Å². The molecule has 1 amide bonds. The lowest BCUT2D eigenvalue weighted by atomic mass is 10.0. The first-order valence-corrected chi connectivity index (χ1v) is 6.30. The van der Waals surface area contributed by atoms with Gasteiger partial charge in [-0.1, -0.05) is 6.07 Å².